The van der Waals surface area contributed by atoms with Crippen molar-refractivity contribution in [1.82, 2.24) is 14.8 Å². The van der Waals surface area contributed by atoms with Crippen molar-refractivity contribution >= 4 is 0 Å². The van der Waals surface area contributed by atoms with E-state index in [0.717, 1.165) is 25.7 Å². The first-order valence-corrected chi connectivity index (χ1v) is 4.38. The lowest BCUT2D eigenvalue weighted by atomic mass is 9.93. The van der Waals surface area contributed by atoms with Gasteiger partial charge in [0.25, 0.3) is 0 Å². The summed E-state index contributed by atoms with van der Waals surface area (Å²) >= 11 is 0. The summed E-state index contributed by atoms with van der Waals surface area (Å²) in [7, 11) is 0. The summed E-state index contributed by atoms with van der Waals surface area (Å²) in [5, 5.41) is 16.8. The van der Waals surface area contributed by atoms with Crippen LogP contribution in [0, 0.1) is 0 Å². The SMILES string of the molecule is OC1CCC(n2cnnc2)CC1. The lowest BCUT2D eigenvalue weighted by Crippen LogP contribution is -2.20. The van der Waals surface area contributed by atoms with E-state index in [1.54, 1.807) is 12.7 Å². The molecule has 1 heterocycles. The summed E-state index contributed by atoms with van der Waals surface area (Å²) in [6.07, 6.45) is 7.31. The number of aliphatic hydroxyl groups excluding tert-OH is 1. The quantitative estimate of drug-likeness (QED) is 0.671. The predicted molar refractivity (Wildman–Crippen MR) is 43.5 cm³/mol. The molecule has 1 fully saturated rings. The minimum atomic E-state index is -0.0854. The van der Waals surface area contributed by atoms with Crippen molar-refractivity contribution in [2.75, 3.05) is 0 Å². The molecule has 0 bridgehead atoms. The minimum absolute atomic E-state index is 0.0854. The molecule has 0 atom stereocenters. The molecule has 1 aromatic heterocycles. The van der Waals surface area contributed by atoms with Gasteiger partial charge in [0.05, 0.1) is 6.10 Å². The van der Waals surface area contributed by atoms with Crippen LogP contribution >= 0.6 is 0 Å². The third-order valence-corrected chi connectivity index (χ3v) is 2.52. The van der Waals surface area contributed by atoms with Crippen LogP contribution in [-0.4, -0.2) is 26.0 Å². The van der Waals surface area contributed by atoms with Gasteiger partial charge in [0.1, 0.15) is 12.7 Å². The summed E-state index contributed by atoms with van der Waals surface area (Å²) in [5.74, 6) is 0. The maximum atomic E-state index is 9.28. The predicted octanol–water partition coefficient (Wildman–Crippen LogP) is 0.754. The molecule has 2 rings (SSSR count). The summed E-state index contributed by atoms with van der Waals surface area (Å²) in [5.41, 5.74) is 0. The lowest BCUT2D eigenvalue weighted by molar-refractivity contribution is 0.110. The Balaban J connectivity index is 1.99. The number of aromatic nitrogens is 3. The second-order valence-electron chi connectivity index (χ2n) is 3.37. The van der Waals surface area contributed by atoms with Crippen LogP contribution in [0.15, 0.2) is 12.7 Å². The summed E-state index contributed by atoms with van der Waals surface area (Å²) in [4.78, 5) is 0. The minimum Gasteiger partial charge on any atom is -0.393 e. The van der Waals surface area contributed by atoms with Gasteiger partial charge < -0.3 is 9.67 Å². The molecule has 0 radical (unpaired) electrons. The molecule has 1 aromatic rings. The number of nitrogens with zero attached hydrogens (tertiary/aromatic N) is 3. The second-order valence-corrected chi connectivity index (χ2v) is 3.37. The zero-order valence-corrected chi connectivity index (χ0v) is 6.93. The van der Waals surface area contributed by atoms with Crippen LogP contribution in [0.4, 0.5) is 0 Å². The van der Waals surface area contributed by atoms with Gasteiger partial charge in [0.2, 0.25) is 0 Å². The molecule has 1 saturated carbocycles. The molecule has 0 saturated heterocycles. The zero-order chi connectivity index (χ0) is 8.39. The smallest absolute Gasteiger partial charge is 0.119 e. The molecule has 4 nitrogen and oxygen atoms in total. The van der Waals surface area contributed by atoms with Crippen molar-refractivity contribution in [2.24, 2.45) is 0 Å². The van der Waals surface area contributed by atoms with E-state index in [4.69, 9.17) is 0 Å². The number of aliphatic hydroxyl groups is 1. The van der Waals surface area contributed by atoms with Gasteiger partial charge in [0.15, 0.2) is 0 Å². The Labute approximate surface area is 71.2 Å². The topological polar surface area (TPSA) is 50.9 Å². The van der Waals surface area contributed by atoms with Crippen LogP contribution in [0.5, 0.6) is 0 Å². The molecule has 0 spiro atoms. The first kappa shape index (κ1) is 7.73. The van der Waals surface area contributed by atoms with E-state index in [9.17, 15) is 5.11 Å². The lowest BCUT2D eigenvalue weighted by Gasteiger charge is -2.25. The molecule has 4 heteroatoms. The normalized spacial score (nSPS) is 30.4. The zero-order valence-electron chi connectivity index (χ0n) is 6.93. The van der Waals surface area contributed by atoms with E-state index in [2.05, 4.69) is 10.2 Å². The highest BCUT2D eigenvalue weighted by Gasteiger charge is 2.19. The average Bonchev–Trinajstić information content (AvgIpc) is 2.58. The standard InChI is InChI=1S/C8H13N3O/c12-8-3-1-7(2-4-8)11-5-9-10-6-11/h5-8,12H,1-4H2. The molecule has 1 N–H and O–H groups in total. The first-order valence-electron chi connectivity index (χ1n) is 4.38. The van der Waals surface area contributed by atoms with Crippen molar-refractivity contribution < 1.29 is 5.11 Å². The molecule has 0 aliphatic heterocycles. The van der Waals surface area contributed by atoms with E-state index >= 15 is 0 Å². The van der Waals surface area contributed by atoms with Gasteiger partial charge in [-0.2, -0.15) is 0 Å². The van der Waals surface area contributed by atoms with Gasteiger partial charge in [-0.15, -0.1) is 10.2 Å². The third kappa shape index (κ3) is 1.48. The molecule has 0 amide bonds. The van der Waals surface area contributed by atoms with E-state index in [-0.39, 0.29) is 6.10 Å². The van der Waals surface area contributed by atoms with Crippen molar-refractivity contribution in [1.29, 1.82) is 0 Å². The highest BCUT2D eigenvalue weighted by Crippen LogP contribution is 2.27. The maximum absolute atomic E-state index is 9.28. The fraction of sp³-hybridized carbons (Fsp3) is 0.750. The van der Waals surface area contributed by atoms with E-state index in [1.807, 2.05) is 4.57 Å². The van der Waals surface area contributed by atoms with Gasteiger partial charge in [-0.1, -0.05) is 0 Å². The molecule has 0 aromatic carbocycles. The van der Waals surface area contributed by atoms with Crippen molar-refractivity contribution in [3.05, 3.63) is 12.7 Å². The average molecular weight is 167 g/mol. The monoisotopic (exact) mass is 167 g/mol. The molecule has 12 heavy (non-hydrogen) atoms. The Morgan fingerprint density at radius 3 is 2.25 bits per heavy atom. The van der Waals surface area contributed by atoms with E-state index in [1.165, 1.54) is 0 Å². The van der Waals surface area contributed by atoms with E-state index in [0.29, 0.717) is 6.04 Å². The Morgan fingerprint density at radius 2 is 1.67 bits per heavy atom. The Morgan fingerprint density at radius 1 is 1.08 bits per heavy atom. The fourth-order valence-electron chi connectivity index (χ4n) is 1.75. The van der Waals surface area contributed by atoms with Crippen molar-refractivity contribution in [2.45, 2.75) is 37.8 Å². The molecule has 66 valence electrons. The van der Waals surface area contributed by atoms with Crippen LogP contribution in [0.25, 0.3) is 0 Å². The second kappa shape index (κ2) is 3.23. The maximum Gasteiger partial charge on any atom is 0.119 e. The first-order chi connectivity index (χ1) is 5.86. The number of rotatable bonds is 1. The fourth-order valence-corrected chi connectivity index (χ4v) is 1.75. The molecule has 0 unspecified atom stereocenters. The molecular weight excluding hydrogens is 154 g/mol. The molecule has 1 aliphatic carbocycles. The van der Waals surface area contributed by atoms with Gasteiger partial charge in [-0.25, -0.2) is 0 Å². The van der Waals surface area contributed by atoms with Gasteiger partial charge >= 0.3 is 0 Å². The Kier molecular flexibility index (Phi) is 2.08. The van der Waals surface area contributed by atoms with Crippen LogP contribution in [0.2, 0.25) is 0 Å². The van der Waals surface area contributed by atoms with E-state index < -0.39 is 0 Å². The Hall–Kier alpha value is -0.900. The van der Waals surface area contributed by atoms with Crippen LogP contribution < -0.4 is 0 Å². The summed E-state index contributed by atoms with van der Waals surface area (Å²) < 4.78 is 2.03. The van der Waals surface area contributed by atoms with Crippen molar-refractivity contribution in [3.63, 3.8) is 0 Å². The van der Waals surface area contributed by atoms with Gasteiger partial charge in [-0.3, -0.25) is 0 Å². The highest BCUT2D eigenvalue weighted by atomic mass is 16.3. The third-order valence-electron chi connectivity index (χ3n) is 2.52. The summed E-state index contributed by atoms with van der Waals surface area (Å²) in [6.45, 7) is 0. The molecular formula is C8H13N3O. The van der Waals surface area contributed by atoms with Crippen LogP contribution in [0.3, 0.4) is 0 Å². The largest absolute Gasteiger partial charge is 0.393 e. The Bertz CT molecular complexity index is 226. The van der Waals surface area contributed by atoms with Crippen molar-refractivity contribution in [3.8, 4) is 0 Å². The van der Waals surface area contributed by atoms with Gasteiger partial charge in [0, 0.05) is 6.04 Å². The number of hydrogen-bond donors (Lipinski definition) is 1. The highest BCUT2D eigenvalue weighted by molar-refractivity contribution is 4.78. The molecule has 1 aliphatic rings. The number of hydrogen-bond acceptors (Lipinski definition) is 3. The van der Waals surface area contributed by atoms with Crippen LogP contribution in [0.1, 0.15) is 31.7 Å². The van der Waals surface area contributed by atoms with Gasteiger partial charge in [-0.05, 0) is 25.7 Å². The summed E-state index contributed by atoms with van der Waals surface area (Å²) in [6, 6.07) is 0.503. The van der Waals surface area contributed by atoms with Crippen LogP contribution in [-0.2, 0) is 0 Å².